The molecule has 1 fully saturated rings. The number of carbonyl (C=O) groups is 3. The number of carbonyl (C=O) groups excluding carboxylic acids is 3. The molecule has 1 atom stereocenters. The second-order valence-corrected chi connectivity index (χ2v) is 8.44. The fourth-order valence-corrected chi connectivity index (χ4v) is 4.45. The van der Waals surface area contributed by atoms with E-state index >= 15 is 0 Å². The van der Waals surface area contributed by atoms with Gasteiger partial charge in [0, 0.05) is 42.0 Å². The van der Waals surface area contributed by atoms with Crippen LogP contribution in [0.2, 0.25) is 0 Å². The Kier molecular flexibility index (Phi) is 6.61. The Bertz CT molecular complexity index is 1090. The minimum absolute atomic E-state index is 0.0303. The standard InChI is InChI=1S/C22H25N5O3S/c28-19(23-11-9-14-12-25-18-6-2-1-4-16(14)18)8-7-15-13-31-22(26-15)27-21(30)17-5-3-10-24-20(17)29/h1-2,4,6,12-13,17,25H,3,5,7-11H2,(H,23,28)(H,24,29)(H,26,27,30). The number of nitrogens with one attached hydrogen (secondary N) is 4. The molecule has 8 nitrogen and oxygen atoms in total. The van der Waals surface area contributed by atoms with Gasteiger partial charge in [-0.25, -0.2) is 4.98 Å². The van der Waals surface area contributed by atoms with Gasteiger partial charge in [0.05, 0.1) is 5.69 Å². The van der Waals surface area contributed by atoms with E-state index in [1.165, 1.54) is 22.3 Å². The number of aryl methyl sites for hydroxylation is 1. The van der Waals surface area contributed by atoms with Crippen LogP contribution in [0.4, 0.5) is 5.13 Å². The van der Waals surface area contributed by atoms with E-state index in [0.717, 1.165) is 24.1 Å². The molecule has 4 N–H and O–H groups in total. The largest absolute Gasteiger partial charge is 0.361 e. The minimum Gasteiger partial charge on any atom is -0.361 e. The molecule has 0 spiro atoms. The van der Waals surface area contributed by atoms with Crippen LogP contribution in [-0.2, 0) is 27.2 Å². The van der Waals surface area contributed by atoms with Crippen molar-refractivity contribution in [2.45, 2.75) is 32.1 Å². The lowest BCUT2D eigenvalue weighted by atomic mass is 9.98. The van der Waals surface area contributed by atoms with Crippen LogP contribution in [0.3, 0.4) is 0 Å². The van der Waals surface area contributed by atoms with Crippen molar-refractivity contribution in [3.8, 4) is 0 Å². The zero-order chi connectivity index (χ0) is 21.6. The molecule has 3 heterocycles. The third-order valence-corrected chi connectivity index (χ3v) is 6.19. The molecule has 1 saturated heterocycles. The number of amides is 3. The summed E-state index contributed by atoms with van der Waals surface area (Å²) in [6.45, 7) is 1.19. The lowest BCUT2D eigenvalue weighted by molar-refractivity contribution is -0.134. The summed E-state index contributed by atoms with van der Waals surface area (Å²) in [6.07, 6.45) is 4.92. The molecule has 3 aromatic rings. The fourth-order valence-electron chi connectivity index (χ4n) is 3.70. The Morgan fingerprint density at radius 2 is 2.10 bits per heavy atom. The minimum atomic E-state index is -0.663. The summed E-state index contributed by atoms with van der Waals surface area (Å²) < 4.78 is 0. The maximum Gasteiger partial charge on any atom is 0.238 e. The quantitative estimate of drug-likeness (QED) is 0.403. The number of benzene rings is 1. The average molecular weight is 440 g/mol. The molecule has 9 heteroatoms. The van der Waals surface area contributed by atoms with E-state index in [9.17, 15) is 14.4 Å². The Morgan fingerprint density at radius 1 is 1.23 bits per heavy atom. The van der Waals surface area contributed by atoms with Crippen LogP contribution in [0.15, 0.2) is 35.8 Å². The average Bonchev–Trinajstić information content (AvgIpc) is 3.39. The van der Waals surface area contributed by atoms with Crippen molar-refractivity contribution in [2.75, 3.05) is 18.4 Å². The highest BCUT2D eigenvalue weighted by molar-refractivity contribution is 7.13. The van der Waals surface area contributed by atoms with Gasteiger partial charge in [0.2, 0.25) is 17.7 Å². The number of rotatable bonds is 8. The van der Waals surface area contributed by atoms with Gasteiger partial charge in [-0.1, -0.05) is 18.2 Å². The van der Waals surface area contributed by atoms with Crippen molar-refractivity contribution in [2.24, 2.45) is 5.92 Å². The van der Waals surface area contributed by atoms with Crippen molar-refractivity contribution < 1.29 is 14.4 Å². The third-order valence-electron chi connectivity index (χ3n) is 5.38. The number of H-pyrrole nitrogens is 1. The third kappa shape index (κ3) is 5.29. The number of para-hydroxylation sites is 1. The second kappa shape index (κ2) is 9.74. The zero-order valence-electron chi connectivity index (χ0n) is 17.1. The Labute approximate surface area is 183 Å². The second-order valence-electron chi connectivity index (χ2n) is 7.58. The van der Waals surface area contributed by atoms with Crippen LogP contribution in [0.1, 0.15) is 30.5 Å². The van der Waals surface area contributed by atoms with Gasteiger partial charge in [-0.05, 0) is 37.3 Å². The summed E-state index contributed by atoms with van der Waals surface area (Å²) in [5, 5.41) is 11.8. The first-order chi connectivity index (χ1) is 15.1. The number of fused-ring (bicyclic) bond motifs is 1. The maximum absolute atomic E-state index is 12.3. The molecule has 162 valence electrons. The number of thiazole rings is 1. The summed E-state index contributed by atoms with van der Waals surface area (Å²) in [5.41, 5.74) is 3.03. The van der Waals surface area contributed by atoms with Crippen molar-refractivity contribution in [3.05, 3.63) is 47.1 Å². The predicted molar refractivity (Wildman–Crippen MR) is 120 cm³/mol. The van der Waals surface area contributed by atoms with Crippen molar-refractivity contribution >= 4 is 45.1 Å². The van der Waals surface area contributed by atoms with Crippen LogP contribution in [-0.4, -0.2) is 40.8 Å². The predicted octanol–water partition coefficient (Wildman–Crippen LogP) is 2.38. The van der Waals surface area contributed by atoms with Gasteiger partial charge < -0.3 is 20.9 Å². The molecule has 31 heavy (non-hydrogen) atoms. The van der Waals surface area contributed by atoms with Gasteiger partial charge in [-0.2, -0.15) is 0 Å². The van der Waals surface area contributed by atoms with Crippen LogP contribution >= 0.6 is 11.3 Å². The summed E-state index contributed by atoms with van der Waals surface area (Å²) in [7, 11) is 0. The van der Waals surface area contributed by atoms with E-state index in [1.54, 1.807) is 0 Å². The first kappa shape index (κ1) is 21.0. The smallest absolute Gasteiger partial charge is 0.238 e. The SMILES string of the molecule is O=C(CCc1csc(NC(=O)C2CCCNC2=O)n1)NCCc1c[nH]c2ccccc12. The van der Waals surface area contributed by atoms with E-state index in [1.807, 2.05) is 29.8 Å². The highest BCUT2D eigenvalue weighted by atomic mass is 32.1. The summed E-state index contributed by atoms with van der Waals surface area (Å²) >= 11 is 1.30. The van der Waals surface area contributed by atoms with Crippen molar-refractivity contribution in [3.63, 3.8) is 0 Å². The van der Waals surface area contributed by atoms with Gasteiger partial charge in [0.1, 0.15) is 5.92 Å². The number of piperidine rings is 1. The van der Waals surface area contributed by atoms with Crippen molar-refractivity contribution in [1.29, 1.82) is 0 Å². The molecule has 2 aromatic heterocycles. The number of hydrogen-bond donors (Lipinski definition) is 4. The normalized spacial score (nSPS) is 16.1. The van der Waals surface area contributed by atoms with E-state index in [-0.39, 0.29) is 17.7 Å². The molecular formula is C22H25N5O3S. The van der Waals surface area contributed by atoms with E-state index in [2.05, 4.69) is 32.0 Å². The van der Waals surface area contributed by atoms with Gasteiger partial charge in [-0.15, -0.1) is 11.3 Å². The van der Waals surface area contributed by atoms with Gasteiger partial charge in [-0.3, -0.25) is 14.4 Å². The molecule has 1 aliphatic rings. The summed E-state index contributed by atoms with van der Waals surface area (Å²) in [6, 6.07) is 8.10. The molecule has 3 amide bonds. The molecular weight excluding hydrogens is 414 g/mol. The molecule has 4 rings (SSSR count). The molecule has 1 unspecified atom stereocenters. The van der Waals surface area contributed by atoms with Gasteiger partial charge in [0.15, 0.2) is 5.13 Å². The maximum atomic E-state index is 12.3. The Morgan fingerprint density at radius 3 is 2.97 bits per heavy atom. The highest BCUT2D eigenvalue weighted by Gasteiger charge is 2.29. The fraction of sp³-hybridized carbons (Fsp3) is 0.364. The Hall–Kier alpha value is -3.20. The molecule has 0 aliphatic carbocycles. The number of aromatic nitrogens is 2. The highest BCUT2D eigenvalue weighted by Crippen LogP contribution is 2.20. The summed E-state index contributed by atoms with van der Waals surface area (Å²) in [4.78, 5) is 43.9. The molecule has 1 aliphatic heterocycles. The van der Waals surface area contributed by atoms with Crippen LogP contribution in [0.5, 0.6) is 0 Å². The lowest BCUT2D eigenvalue weighted by Crippen LogP contribution is -2.42. The first-order valence-electron chi connectivity index (χ1n) is 10.4. The van der Waals surface area contributed by atoms with Gasteiger partial charge in [0.25, 0.3) is 0 Å². The molecule has 1 aromatic carbocycles. The Balaban J connectivity index is 1.20. The number of aromatic amines is 1. The van der Waals surface area contributed by atoms with Crippen LogP contribution < -0.4 is 16.0 Å². The molecule has 0 saturated carbocycles. The van der Waals surface area contributed by atoms with Crippen LogP contribution in [0.25, 0.3) is 10.9 Å². The number of hydrogen-bond acceptors (Lipinski definition) is 5. The number of nitrogens with zero attached hydrogens (tertiary/aromatic N) is 1. The topological polar surface area (TPSA) is 116 Å². The van der Waals surface area contributed by atoms with Crippen LogP contribution in [0, 0.1) is 5.92 Å². The van der Waals surface area contributed by atoms with E-state index < -0.39 is 5.92 Å². The monoisotopic (exact) mass is 439 g/mol. The first-order valence-corrected chi connectivity index (χ1v) is 11.3. The van der Waals surface area contributed by atoms with Crippen molar-refractivity contribution in [1.82, 2.24) is 20.6 Å². The van der Waals surface area contributed by atoms with E-state index in [0.29, 0.717) is 37.5 Å². The molecule has 0 bridgehead atoms. The van der Waals surface area contributed by atoms with Gasteiger partial charge >= 0.3 is 0 Å². The lowest BCUT2D eigenvalue weighted by Gasteiger charge is -2.20. The summed E-state index contributed by atoms with van der Waals surface area (Å²) in [5.74, 6) is -1.25. The molecule has 0 radical (unpaired) electrons. The van der Waals surface area contributed by atoms with E-state index in [4.69, 9.17) is 0 Å². The zero-order valence-corrected chi connectivity index (χ0v) is 17.9. The number of anilines is 1.